The third kappa shape index (κ3) is 13.1. The highest BCUT2D eigenvalue weighted by Crippen LogP contribution is 2.33. The second kappa shape index (κ2) is 23.2. The van der Waals surface area contributed by atoms with Gasteiger partial charge < -0.3 is 67.1 Å². The number of hydrogen-bond donors (Lipinski definition) is 10. The molecule has 0 aromatic heterocycles. The van der Waals surface area contributed by atoms with Crippen molar-refractivity contribution in [2.24, 2.45) is 11.8 Å². The first-order valence-electron chi connectivity index (χ1n) is 22.9. The minimum Gasteiger partial charge on any atom is -0.504 e. The molecule has 0 aliphatic carbocycles. The monoisotopic (exact) mass is 961 g/mol. The van der Waals surface area contributed by atoms with Gasteiger partial charge in [0.2, 0.25) is 29.5 Å². The van der Waals surface area contributed by atoms with E-state index in [1.165, 1.54) is 27.0 Å². The van der Waals surface area contributed by atoms with Gasteiger partial charge in [0.15, 0.2) is 11.5 Å². The van der Waals surface area contributed by atoms with E-state index in [1.54, 1.807) is 58.0 Å². The number of aromatic hydroxyl groups is 2. The van der Waals surface area contributed by atoms with Crippen molar-refractivity contribution >= 4 is 59.0 Å². The third-order valence-electron chi connectivity index (χ3n) is 12.2. The summed E-state index contributed by atoms with van der Waals surface area (Å²) in [5.74, 6) is -9.86. The average molecular weight is 962 g/mol. The number of anilines is 1. The Labute approximate surface area is 399 Å². The van der Waals surface area contributed by atoms with Crippen LogP contribution in [-0.2, 0) is 55.9 Å². The molecule has 2 aromatic carbocycles. The number of aliphatic hydroxyl groups excluding tert-OH is 1. The highest BCUT2D eigenvalue weighted by atomic mass is 16.5. The summed E-state index contributed by atoms with van der Waals surface area (Å²) in [5.41, 5.74) is 0.0729. The Morgan fingerprint density at radius 1 is 0.870 bits per heavy atom. The van der Waals surface area contributed by atoms with Crippen LogP contribution in [0.4, 0.5) is 10.5 Å². The summed E-state index contributed by atoms with van der Waals surface area (Å²) in [5, 5.41) is 51.0. The van der Waals surface area contributed by atoms with E-state index in [-0.39, 0.29) is 55.6 Å². The molecule has 22 heteroatoms. The van der Waals surface area contributed by atoms with Gasteiger partial charge >= 0.3 is 12.0 Å². The number of phenolic OH excluding ortho intramolecular Hbond substituents is 2. The average Bonchev–Trinajstić information content (AvgIpc) is 3.29. The summed E-state index contributed by atoms with van der Waals surface area (Å²) in [4.78, 5) is 130. The van der Waals surface area contributed by atoms with Crippen LogP contribution in [0.15, 0.2) is 54.2 Å². The molecular weight excluding hydrogens is 899 g/mol. The Morgan fingerprint density at radius 3 is 2.20 bits per heavy atom. The number of piperidine rings is 1. The minimum atomic E-state index is -1.76. The van der Waals surface area contributed by atoms with Gasteiger partial charge in [0, 0.05) is 44.1 Å². The van der Waals surface area contributed by atoms with Crippen LogP contribution in [0.2, 0.25) is 0 Å². The van der Waals surface area contributed by atoms with Crippen LogP contribution < -0.4 is 37.2 Å². The summed E-state index contributed by atoms with van der Waals surface area (Å²) in [6.45, 7) is 8.96. The highest BCUT2D eigenvalue weighted by Gasteiger charge is 2.45. The molecule has 3 aliphatic heterocycles. The molecule has 0 radical (unpaired) electrons. The summed E-state index contributed by atoms with van der Waals surface area (Å²) >= 11 is 0. The maximum absolute atomic E-state index is 15.2. The van der Waals surface area contributed by atoms with Gasteiger partial charge in [-0.2, -0.15) is 0 Å². The van der Waals surface area contributed by atoms with Gasteiger partial charge in [0.25, 0.3) is 11.8 Å². The molecule has 0 spiro atoms. The van der Waals surface area contributed by atoms with E-state index in [0.29, 0.717) is 5.56 Å². The van der Waals surface area contributed by atoms with E-state index in [9.17, 15) is 53.7 Å². The lowest BCUT2D eigenvalue weighted by Gasteiger charge is -2.43. The zero-order chi connectivity index (χ0) is 50.9. The van der Waals surface area contributed by atoms with E-state index in [1.807, 2.05) is 0 Å². The SMILES string of the molecule is C/C=C1/NC(=O)C2NC(=O)C(NC(=O)C(C)C)CCCNC(=O)Nc3cc(O)c(O)cc3CC(C(=O)NC(C(C)C)C(=O)OC2C)N(C)C(=O)C(Cc2ccccc2)N2C(=O)C(CCC2O)NC1=O. The second-order valence-corrected chi connectivity index (χ2v) is 18.0. The fraction of sp³-hybridized carbons (Fsp3) is 0.511. The van der Waals surface area contributed by atoms with Gasteiger partial charge in [-0.05, 0) is 62.6 Å². The first-order chi connectivity index (χ1) is 32.6. The lowest BCUT2D eigenvalue weighted by molar-refractivity contribution is -0.165. The summed E-state index contributed by atoms with van der Waals surface area (Å²) in [6.07, 6.45) is -2.80. The molecule has 2 saturated heterocycles. The summed E-state index contributed by atoms with van der Waals surface area (Å²) < 4.78 is 5.84. The molecule has 4 bridgehead atoms. The normalized spacial score (nSPS) is 26.8. The number of nitrogens with one attached hydrogen (secondary N) is 7. The molecule has 2 fully saturated rings. The Bertz CT molecular complexity index is 2320. The minimum absolute atomic E-state index is 0.0172. The Kier molecular flexibility index (Phi) is 17.7. The number of fused-ring (bicyclic) bond motifs is 10. The molecule has 22 nitrogen and oxygen atoms in total. The van der Waals surface area contributed by atoms with Crippen LogP contribution >= 0.6 is 0 Å². The number of nitrogens with zero attached hydrogens (tertiary/aromatic N) is 2. The Morgan fingerprint density at radius 2 is 1.55 bits per heavy atom. The molecule has 374 valence electrons. The number of esters is 1. The topological polar surface area (TPSA) is 314 Å². The van der Waals surface area contributed by atoms with Crippen molar-refractivity contribution in [3.63, 3.8) is 0 Å². The molecule has 2 aromatic rings. The maximum Gasteiger partial charge on any atom is 0.329 e. The van der Waals surface area contributed by atoms with Crippen LogP contribution in [-0.4, -0.2) is 141 Å². The molecule has 69 heavy (non-hydrogen) atoms. The molecule has 5 rings (SSSR count). The van der Waals surface area contributed by atoms with Crippen molar-refractivity contribution in [2.75, 3.05) is 18.9 Å². The zero-order valence-corrected chi connectivity index (χ0v) is 39.7. The third-order valence-corrected chi connectivity index (χ3v) is 12.2. The highest BCUT2D eigenvalue weighted by molar-refractivity contribution is 6.03. The number of likely N-dealkylation sites (N-methyl/N-ethyl adjacent to an activating group) is 1. The first kappa shape index (κ1) is 52.7. The molecule has 9 amide bonds. The molecule has 3 aliphatic rings. The summed E-state index contributed by atoms with van der Waals surface area (Å²) in [7, 11) is 1.26. The lowest BCUT2D eigenvalue weighted by Crippen LogP contribution is -2.64. The van der Waals surface area contributed by atoms with Gasteiger partial charge in [-0.1, -0.05) is 64.1 Å². The van der Waals surface area contributed by atoms with Crippen LogP contribution in [0.3, 0.4) is 0 Å². The number of carbonyl (C=O) groups is 9. The number of hydrogen-bond acceptors (Lipinski definition) is 13. The van der Waals surface area contributed by atoms with Crippen LogP contribution in [0.25, 0.3) is 0 Å². The van der Waals surface area contributed by atoms with Crippen molar-refractivity contribution < 1.29 is 63.2 Å². The molecule has 3 heterocycles. The number of urea groups is 1. The predicted molar refractivity (Wildman–Crippen MR) is 247 cm³/mol. The van der Waals surface area contributed by atoms with Crippen molar-refractivity contribution in [3.05, 3.63) is 65.4 Å². The lowest BCUT2D eigenvalue weighted by atomic mass is 9.95. The van der Waals surface area contributed by atoms with E-state index in [4.69, 9.17) is 4.74 Å². The van der Waals surface area contributed by atoms with Crippen molar-refractivity contribution in [1.82, 2.24) is 41.7 Å². The summed E-state index contributed by atoms with van der Waals surface area (Å²) in [6, 6.07) is 0.678. The van der Waals surface area contributed by atoms with Gasteiger partial charge in [0.05, 0.1) is 0 Å². The number of allylic oxidation sites excluding steroid dienone is 1. The zero-order valence-electron chi connectivity index (χ0n) is 39.7. The van der Waals surface area contributed by atoms with Gasteiger partial charge in [-0.15, -0.1) is 0 Å². The molecule has 10 N–H and O–H groups in total. The van der Waals surface area contributed by atoms with Crippen LogP contribution in [0.5, 0.6) is 11.5 Å². The largest absolute Gasteiger partial charge is 0.504 e. The number of amides is 9. The van der Waals surface area contributed by atoms with E-state index in [0.717, 1.165) is 21.9 Å². The van der Waals surface area contributed by atoms with Gasteiger partial charge in [-0.3, -0.25) is 33.6 Å². The molecule has 0 saturated carbocycles. The second-order valence-electron chi connectivity index (χ2n) is 18.0. The fourth-order valence-electron chi connectivity index (χ4n) is 8.16. The van der Waals surface area contributed by atoms with E-state index >= 15 is 4.79 Å². The van der Waals surface area contributed by atoms with Gasteiger partial charge in [-0.25, -0.2) is 9.59 Å². The van der Waals surface area contributed by atoms with Crippen LogP contribution in [0.1, 0.15) is 78.4 Å². The van der Waals surface area contributed by atoms with Crippen molar-refractivity contribution in [2.45, 2.75) is 129 Å². The van der Waals surface area contributed by atoms with Gasteiger partial charge in [0.1, 0.15) is 54.3 Å². The van der Waals surface area contributed by atoms with Crippen molar-refractivity contribution in [3.8, 4) is 11.5 Å². The number of carbonyl (C=O) groups excluding carboxylic acids is 9. The quantitative estimate of drug-likeness (QED) is 0.0828. The fourth-order valence-corrected chi connectivity index (χ4v) is 8.16. The number of benzene rings is 2. The molecule has 8 unspecified atom stereocenters. The van der Waals surface area contributed by atoms with Crippen LogP contribution in [0, 0.1) is 11.8 Å². The van der Waals surface area contributed by atoms with E-state index < -0.39 is 132 Å². The first-order valence-corrected chi connectivity index (χ1v) is 22.9. The number of aliphatic hydroxyl groups is 1. The number of rotatable bonds is 5. The molecule has 8 atom stereocenters. The Balaban J connectivity index is 1.74. The smallest absolute Gasteiger partial charge is 0.329 e. The Hall–Kier alpha value is -7.23. The van der Waals surface area contributed by atoms with E-state index in [2.05, 4.69) is 37.2 Å². The standard InChI is InChI=1S/C47H63N9O13/c1-8-28-40(61)51-30-16-17-36(59)56(44(30)65)33(19-26-13-10-9-11-14-26)45(66)55(7)32-20-27-21-34(57)35(58)22-31(27)52-47(68)48-18-12-15-29(50-39(60)24(4)5)41(62)54-38(43(64)49-28)25(6)69-46(67)37(23(2)3)53-42(32)63/h8-11,13-14,21-25,29-30,32-33,36-38,57-59H,12,15-20H2,1-7H3,(H,49,64)(H,50,60)(H,51,61)(H,53,63)(H,54,62)(H2,48,52,68)/b28-8+. The number of phenols is 2. The van der Waals surface area contributed by atoms with Crippen molar-refractivity contribution in [1.29, 1.82) is 0 Å². The number of ether oxygens (including phenoxy) is 1. The maximum atomic E-state index is 15.2. The molecular formula is C47H63N9O13. The predicted octanol–water partition coefficient (Wildman–Crippen LogP) is 0.151.